The number of aromatic nitrogens is 4. The van der Waals surface area contributed by atoms with E-state index in [-0.39, 0.29) is 28.5 Å². The molecule has 30 heavy (non-hydrogen) atoms. The number of likely N-dealkylation sites (tertiary alicyclic amines) is 1. The van der Waals surface area contributed by atoms with E-state index in [2.05, 4.69) is 10.1 Å². The van der Waals surface area contributed by atoms with E-state index in [0.29, 0.717) is 19.6 Å². The van der Waals surface area contributed by atoms with Gasteiger partial charge in [0.2, 0.25) is 0 Å². The zero-order valence-electron chi connectivity index (χ0n) is 16.8. The van der Waals surface area contributed by atoms with E-state index in [4.69, 9.17) is 0 Å². The van der Waals surface area contributed by atoms with Crippen LogP contribution in [-0.2, 0) is 13.6 Å². The summed E-state index contributed by atoms with van der Waals surface area (Å²) in [5.41, 5.74) is 1.40. The Labute approximate surface area is 173 Å². The van der Waals surface area contributed by atoms with E-state index in [9.17, 15) is 14.4 Å². The first kappa shape index (κ1) is 19.8. The van der Waals surface area contributed by atoms with Crippen molar-refractivity contribution in [2.45, 2.75) is 19.4 Å². The largest absolute Gasteiger partial charge is 0.338 e. The molecular weight excluding hydrogens is 382 g/mol. The van der Waals surface area contributed by atoms with Gasteiger partial charge in [-0.25, -0.2) is 4.68 Å². The Hall–Kier alpha value is -3.55. The molecule has 0 N–H and O–H groups in total. The summed E-state index contributed by atoms with van der Waals surface area (Å²) in [5, 5.41) is 4.51. The van der Waals surface area contributed by atoms with Crippen LogP contribution in [0.15, 0.2) is 64.6 Å². The quantitative estimate of drug-likeness (QED) is 0.657. The van der Waals surface area contributed by atoms with Crippen LogP contribution in [0.4, 0.5) is 0 Å². The van der Waals surface area contributed by atoms with Gasteiger partial charge in [-0.15, -0.1) is 0 Å². The molecule has 0 unspecified atom stereocenters. The van der Waals surface area contributed by atoms with E-state index in [1.54, 1.807) is 48.7 Å². The molecule has 1 amide bonds. The van der Waals surface area contributed by atoms with E-state index in [0.717, 1.165) is 24.1 Å². The average molecular weight is 405 g/mol. The Balaban J connectivity index is 1.43. The SMILES string of the molecule is Cn1cccc(C(=O)N2CCC(Cn3nc(-c4ccncc4)ccc3=O)CC2)c1=O. The topological polar surface area (TPSA) is 90.1 Å². The molecule has 4 heterocycles. The lowest BCUT2D eigenvalue weighted by Gasteiger charge is -2.32. The molecule has 1 saturated heterocycles. The molecule has 1 aliphatic rings. The van der Waals surface area contributed by atoms with E-state index in [1.165, 1.54) is 15.3 Å². The number of pyridine rings is 2. The maximum atomic E-state index is 12.7. The Morgan fingerprint density at radius 3 is 2.53 bits per heavy atom. The van der Waals surface area contributed by atoms with Crippen LogP contribution in [0.1, 0.15) is 23.2 Å². The zero-order valence-corrected chi connectivity index (χ0v) is 16.8. The van der Waals surface area contributed by atoms with Crippen LogP contribution in [0.3, 0.4) is 0 Å². The van der Waals surface area contributed by atoms with Crippen LogP contribution in [0.2, 0.25) is 0 Å². The Morgan fingerprint density at radius 2 is 1.80 bits per heavy atom. The summed E-state index contributed by atoms with van der Waals surface area (Å²) >= 11 is 0. The molecule has 4 rings (SSSR count). The number of hydrogen-bond acceptors (Lipinski definition) is 5. The molecule has 8 nitrogen and oxygen atoms in total. The van der Waals surface area contributed by atoms with Crippen molar-refractivity contribution in [2.24, 2.45) is 13.0 Å². The second-order valence-electron chi connectivity index (χ2n) is 7.55. The molecule has 0 bridgehead atoms. The van der Waals surface area contributed by atoms with Crippen molar-refractivity contribution in [3.63, 3.8) is 0 Å². The molecule has 8 heteroatoms. The summed E-state index contributed by atoms with van der Waals surface area (Å²) < 4.78 is 2.92. The lowest BCUT2D eigenvalue weighted by atomic mass is 9.96. The maximum Gasteiger partial charge on any atom is 0.266 e. The van der Waals surface area contributed by atoms with Gasteiger partial charge in [-0.1, -0.05) is 0 Å². The minimum Gasteiger partial charge on any atom is -0.338 e. The molecule has 0 radical (unpaired) electrons. The van der Waals surface area contributed by atoms with Gasteiger partial charge in [0.05, 0.1) is 5.69 Å². The number of aryl methyl sites for hydroxylation is 1. The summed E-state index contributed by atoms with van der Waals surface area (Å²) in [5.74, 6) is 0.00942. The van der Waals surface area contributed by atoms with Gasteiger partial charge in [0.25, 0.3) is 17.0 Å². The smallest absolute Gasteiger partial charge is 0.266 e. The molecule has 0 saturated carbocycles. The molecule has 0 spiro atoms. The highest BCUT2D eigenvalue weighted by Crippen LogP contribution is 2.20. The first-order valence-corrected chi connectivity index (χ1v) is 9.96. The summed E-state index contributed by atoms with van der Waals surface area (Å²) in [4.78, 5) is 43.0. The summed E-state index contributed by atoms with van der Waals surface area (Å²) in [6.07, 6.45) is 6.54. The number of amides is 1. The molecule has 3 aromatic heterocycles. The van der Waals surface area contributed by atoms with Crippen molar-refractivity contribution in [2.75, 3.05) is 13.1 Å². The standard InChI is InChI=1S/C22H23N5O3/c1-25-12-2-3-18(21(25)29)22(30)26-13-8-16(9-14-26)15-27-20(28)5-4-19(24-27)17-6-10-23-11-7-17/h2-7,10-12,16H,8-9,13-15H2,1H3. The fourth-order valence-corrected chi connectivity index (χ4v) is 3.75. The second kappa shape index (κ2) is 8.44. The van der Waals surface area contributed by atoms with Crippen LogP contribution < -0.4 is 11.1 Å². The van der Waals surface area contributed by atoms with Gasteiger partial charge in [-0.05, 0) is 49.1 Å². The zero-order chi connectivity index (χ0) is 21.1. The van der Waals surface area contributed by atoms with E-state index < -0.39 is 0 Å². The van der Waals surface area contributed by atoms with Crippen LogP contribution in [0.5, 0.6) is 0 Å². The Morgan fingerprint density at radius 1 is 1.07 bits per heavy atom. The normalized spacial score (nSPS) is 14.6. The molecule has 0 atom stereocenters. The summed E-state index contributed by atoms with van der Waals surface area (Å²) in [6.45, 7) is 1.62. The average Bonchev–Trinajstić information content (AvgIpc) is 2.78. The fourth-order valence-electron chi connectivity index (χ4n) is 3.75. The Bertz CT molecular complexity index is 1160. The van der Waals surface area contributed by atoms with Crippen LogP contribution in [0.25, 0.3) is 11.3 Å². The van der Waals surface area contributed by atoms with Crippen molar-refractivity contribution >= 4 is 5.91 Å². The van der Waals surface area contributed by atoms with Gasteiger partial charge < -0.3 is 9.47 Å². The van der Waals surface area contributed by atoms with Crippen LogP contribution in [0, 0.1) is 5.92 Å². The van der Waals surface area contributed by atoms with Crippen molar-refractivity contribution in [1.29, 1.82) is 0 Å². The third-order valence-electron chi connectivity index (χ3n) is 5.53. The molecule has 3 aromatic rings. The fraction of sp³-hybridized carbons (Fsp3) is 0.318. The van der Waals surface area contributed by atoms with Crippen molar-refractivity contribution in [3.05, 3.63) is 81.3 Å². The lowest BCUT2D eigenvalue weighted by molar-refractivity contribution is 0.0678. The first-order valence-electron chi connectivity index (χ1n) is 9.96. The third-order valence-corrected chi connectivity index (χ3v) is 5.53. The highest BCUT2D eigenvalue weighted by atomic mass is 16.2. The van der Waals surface area contributed by atoms with Gasteiger partial charge in [0.15, 0.2) is 0 Å². The minimum absolute atomic E-state index is 0.140. The summed E-state index contributed by atoms with van der Waals surface area (Å²) in [7, 11) is 1.64. The van der Waals surface area contributed by atoms with Crippen LogP contribution in [-0.4, -0.2) is 43.2 Å². The maximum absolute atomic E-state index is 12.7. The Kier molecular flexibility index (Phi) is 5.56. The van der Waals surface area contributed by atoms with E-state index >= 15 is 0 Å². The first-order chi connectivity index (χ1) is 14.5. The number of piperidine rings is 1. The number of carbonyl (C=O) groups is 1. The molecular formula is C22H23N5O3. The van der Waals surface area contributed by atoms with Crippen molar-refractivity contribution < 1.29 is 4.79 Å². The van der Waals surface area contributed by atoms with E-state index in [1.807, 2.05) is 12.1 Å². The monoisotopic (exact) mass is 405 g/mol. The number of hydrogen-bond donors (Lipinski definition) is 0. The molecule has 1 aliphatic heterocycles. The highest BCUT2D eigenvalue weighted by molar-refractivity contribution is 5.93. The summed E-state index contributed by atoms with van der Waals surface area (Å²) in [6, 6.07) is 10.2. The van der Waals surface area contributed by atoms with Crippen molar-refractivity contribution in [3.8, 4) is 11.3 Å². The molecule has 0 aliphatic carbocycles. The molecule has 1 fully saturated rings. The second-order valence-corrected chi connectivity index (χ2v) is 7.55. The van der Waals surface area contributed by atoms with Crippen LogP contribution >= 0.6 is 0 Å². The van der Waals surface area contributed by atoms with Crippen molar-refractivity contribution in [1.82, 2.24) is 24.2 Å². The van der Waals surface area contributed by atoms with Gasteiger partial charge in [0.1, 0.15) is 5.56 Å². The predicted molar refractivity (Wildman–Crippen MR) is 112 cm³/mol. The number of rotatable bonds is 4. The number of carbonyl (C=O) groups excluding carboxylic acids is 1. The highest BCUT2D eigenvalue weighted by Gasteiger charge is 2.26. The minimum atomic E-state index is -0.284. The third kappa shape index (κ3) is 4.07. The number of nitrogens with zero attached hydrogens (tertiary/aromatic N) is 5. The van der Waals surface area contributed by atoms with Gasteiger partial charge in [-0.3, -0.25) is 19.4 Å². The molecule has 0 aromatic carbocycles. The predicted octanol–water partition coefficient (Wildman–Crippen LogP) is 1.56. The van der Waals surface area contributed by atoms with Gasteiger partial charge in [0, 0.05) is 56.9 Å². The molecule has 154 valence electrons. The van der Waals surface area contributed by atoms with Gasteiger partial charge in [-0.2, -0.15) is 5.10 Å². The van der Waals surface area contributed by atoms with Gasteiger partial charge >= 0.3 is 0 Å². The lowest BCUT2D eigenvalue weighted by Crippen LogP contribution is -2.42.